The van der Waals surface area contributed by atoms with E-state index >= 15 is 0 Å². The third-order valence-corrected chi connectivity index (χ3v) is 4.63. The molecule has 0 radical (unpaired) electrons. The third kappa shape index (κ3) is 2.08. The summed E-state index contributed by atoms with van der Waals surface area (Å²) in [4.78, 5) is 0. The van der Waals surface area contributed by atoms with Crippen LogP contribution in [0.3, 0.4) is 0 Å². The molecule has 0 aromatic heterocycles. The fourth-order valence-corrected chi connectivity index (χ4v) is 2.59. The van der Waals surface area contributed by atoms with Crippen LogP contribution in [0.15, 0.2) is 12.1 Å². The van der Waals surface area contributed by atoms with Gasteiger partial charge in [-0.25, -0.2) is 4.39 Å². The fourth-order valence-electron chi connectivity index (χ4n) is 2.59. The molecule has 3 rings (SSSR count). The zero-order chi connectivity index (χ0) is 14.5. The van der Waals surface area contributed by atoms with Gasteiger partial charge in [-0.1, -0.05) is 12.1 Å². The van der Waals surface area contributed by atoms with Crippen LogP contribution in [-0.2, 0) is 27.1 Å². The SMILES string of the molecule is CC1(C)OB(c2ccc3c(c2F)CCOC3)OC1(C)C. The molecule has 1 saturated heterocycles. The minimum atomic E-state index is -0.645. The lowest BCUT2D eigenvalue weighted by Crippen LogP contribution is -2.41. The van der Waals surface area contributed by atoms with Crippen molar-refractivity contribution in [1.29, 1.82) is 0 Å². The van der Waals surface area contributed by atoms with Crippen molar-refractivity contribution in [2.24, 2.45) is 0 Å². The molecule has 1 fully saturated rings. The Morgan fingerprint density at radius 2 is 1.75 bits per heavy atom. The Kier molecular flexibility index (Phi) is 3.20. The van der Waals surface area contributed by atoms with E-state index in [9.17, 15) is 4.39 Å². The highest BCUT2D eigenvalue weighted by atomic mass is 19.1. The van der Waals surface area contributed by atoms with E-state index in [1.165, 1.54) is 0 Å². The fraction of sp³-hybridized carbons (Fsp3) is 0.600. The minimum absolute atomic E-state index is 0.204. The Hall–Kier alpha value is -0.905. The number of ether oxygens (including phenoxy) is 1. The lowest BCUT2D eigenvalue weighted by Gasteiger charge is -2.32. The first kappa shape index (κ1) is 14.0. The van der Waals surface area contributed by atoms with E-state index in [1.54, 1.807) is 6.07 Å². The van der Waals surface area contributed by atoms with E-state index in [0.717, 1.165) is 11.1 Å². The summed E-state index contributed by atoms with van der Waals surface area (Å²) < 4.78 is 31.9. The molecule has 0 atom stereocenters. The van der Waals surface area contributed by atoms with Gasteiger partial charge in [0.1, 0.15) is 5.82 Å². The second-order valence-electron chi connectivity index (χ2n) is 6.50. The maximum atomic E-state index is 14.7. The molecule has 20 heavy (non-hydrogen) atoms. The second kappa shape index (κ2) is 4.55. The predicted molar refractivity (Wildman–Crippen MR) is 75.5 cm³/mol. The number of fused-ring (bicyclic) bond motifs is 1. The molecule has 2 aliphatic rings. The molecule has 0 amide bonds. The van der Waals surface area contributed by atoms with Gasteiger partial charge in [0.15, 0.2) is 0 Å². The van der Waals surface area contributed by atoms with Crippen molar-refractivity contribution >= 4 is 12.6 Å². The highest BCUT2D eigenvalue weighted by molar-refractivity contribution is 6.62. The summed E-state index contributed by atoms with van der Waals surface area (Å²) in [6.07, 6.45) is 0.606. The zero-order valence-electron chi connectivity index (χ0n) is 12.5. The Morgan fingerprint density at radius 1 is 1.10 bits per heavy atom. The molecule has 2 heterocycles. The molecule has 0 N–H and O–H groups in total. The quantitative estimate of drug-likeness (QED) is 0.737. The highest BCUT2D eigenvalue weighted by Crippen LogP contribution is 2.37. The number of hydrogen-bond acceptors (Lipinski definition) is 3. The van der Waals surface area contributed by atoms with Crippen molar-refractivity contribution in [2.75, 3.05) is 6.61 Å². The van der Waals surface area contributed by atoms with Gasteiger partial charge in [0.05, 0.1) is 24.4 Å². The third-order valence-electron chi connectivity index (χ3n) is 4.63. The summed E-state index contributed by atoms with van der Waals surface area (Å²) in [6.45, 7) is 8.93. The minimum Gasteiger partial charge on any atom is -0.399 e. The van der Waals surface area contributed by atoms with Crippen molar-refractivity contribution in [2.45, 2.75) is 51.9 Å². The smallest absolute Gasteiger partial charge is 0.399 e. The Bertz CT molecular complexity index is 526. The molecule has 0 spiro atoms. The van der Waals surface area contributed by atoms with Gasteiger partial charge in [-0.15, -0.1) is 0 Å². The van der Waals surface area contributed by atoms with E-state index in [-0.39, 0.29) is 5.82 Å². The van der Waals surface area contributed by atoms with Crippen molar-refractivity contribution in [3.8, 4) is 0 Å². The molecule has 0 unspecified atom stereocenters. The van der Waals surface area contributed by atoms with Gasteiger partial charge in [0.25, 0.3) is 0 Å². The second-order valence-corrected chi connectivity index (χ2v) is 6.50. The summed E-state index contributed by atoms with van der Waals surface area (Å²) in [6, 6.07) is 3.67. The first-order chi connectivity index (χ1) is 9.32. The van der Waals surface area contributed by atoms with E-state index in [0.29, 0.717) is 25.1 Å². The van der Waals surface area contributed by atoms with Crippen molar-refractivity contribution in [3.63, 3.8) is 0 Å². The number of rotatable bonds is 1. The van der Waals surface area contributed by atoms with Crippen LogP contribution in [0.2, 0.25) is 0 Å². The van der Waals surface area contributed by atoms with E-state index in [4.69, 9.17) is 14.0 Å². The molecule has 0 saturated carbocycles. The largest absolute Gasteiger partial charge is 0.497 e. The molecule has 3 nitrogen and oxygen atoms in total. The van der Waals surface area contributed by atoms with Crippen molar-refractivity contribution in [3.05, 3.63) is 29.1 Å². The first-order valence-corrected chi connectivity index (χ1v) is 7.05. The van der Waals surface area contributed by atoms with Crippen LogP contribution in [0, 0.1) is 5.82 Å². The maximum absolute atomic E-state index is 14.7. The first-order valence-electron chi connectivity index (χ1n) is 7.05. The molecule has 0 bridgehead atoms. The average Bonchev–Trinajstić information content (AvgIpc) is 2.59. The normalized spacial score (nSPS) is 23.8. The number of hydrogen-bond donors (Lipinski definition) is 0. The van der Waals surface area contributed by atoms with Gasteiger partial charge in [-0.2, -0.15) is 0 Å². The van der Waals surface area contributed by atoms with Crippen LogP contribution in [0.25, 0.3) is 0 Å². The van der Waals surface area contributed by atoms with Crippen molar-refractivity contribution < 1.29 is 18.4 Å². The molecular weight excluding hydrogens is 258 g/mol. The monoisotopic (exact) mass is 278 g/mol. The lowest BCUT2D eigenvalue weighted by molar-refractivity contribution is 0.00578. The highest BCUT2D eigenvalue weighted by Gasteiger charge is 2.52. The molecule has 5 heteroatoms. The molecular formula is C15H20BFO3. The Balaban J connectivity index is 1.96. The van der Waals surface area contributed by atoms with Crippen LogP contribution >= 0.6 is 0 Å². The lowest BCUT2D eigenvalue weighted by atomic mass is 9.76. The van der Waals surface area contributed by atoms with Crippen molar-refractivity contribution in [1.82, 2.24) is 0 Å². The summed E-state index contributed by atoms with van der Waals surface area (Å²) in [5, 5.41) is 0. The topological polar surface area (TPSA) is 27.7 Å². The van der Waals surface area contributed by atoms with Crippen LogP contribution in [-0.4, -0.2) is 24.9 Å². The predicted octanol–water partition coefficient (Wildman–Crippen LogP) is 2.20. The zero-order valence-corrected chi connectivity index (χ0v) is 12.5. The Morgan fingerprint density at radius 3 is 2.40 bits per heavy atom. The van der Waals surface area contributed by atoms with Gasteiger partial charge >= 0.3 is 7.12 Å². The molecule has 0 aliphatic carbocycles. The van der Waals surface area contributed by atoms with Gasteiger partial charge in [0.2, 0.25) is 0 Å². The summed E-state index contributed by atoms with van der Waals surface area (Å²) in [5.74, 6) is -0.204. The van der Waals surface area contributed by atoms with Gasteiger partial charge in [-0.05, 0) is 45.2 Å². The maximum Gasteiger partial charge on any atom is 0.497 e. The van der Waals surface area contributed by atoms with E-state index < -0.39 is 18.3 Å². The van der Waals surface area contributed by atoms with Gasteiger partial charge in [-0.3, -0.25) is 0 Å². The van der Waals surface area contributed by atoms with Crippen LogP contribution in [0.4, 0.5) is 4.39 Å². The molecule has 2 aliphatic heterocycles. The molecule has 1 aromatic carbocycles. The molecule has 108 valence electrons. The standard InChI is InChI=1S/C15H20BFO3/c1-14(2)15(3,4)20-16(19-14)12-6-5-10-9-18-8-7-11(10)13(12)17/h5-6H,7-9H2,1-4H3. The van der Waals surface area contributed by atoms with Crippen LogP contribution in [0.1, 0.15) is 38.8 Å². The van der Waals surface area contributed by atoms with Crippen LogP contribution < -0.4 is 5.46 Å². The molecule has 1 aromatic rings. The van der Waals surface area contributed by atoms with Gasteiger partial charge < -0.3 is 14.0 Å². The number of benzene rings is 1. The Labute approximate surface area is 119 Å². The average molecular weight is 278 g/mol. The number of halogens is 1. The van der Waals surface area contributed by atoms with E-state index in [1.807, 2.05) is 33.8 Å². The summed E-state index contributed by atoms with van der Waals surface area (Å²) >= 11 is 0. The summed E-state index contributed by atoms with van der Waals surface area (Å²) in [5.41, 5.74) is 1.24. The van der Waals surface area contributed by atoms with Crippen LogP contribution in [0.5, 0.6) is 0 Å². The summed E-state index contributed by atoms with van der Waals surface area (Å²) in [7, 11) is -0.645. The van der Waals surface area contributed by atoms with E-state index in [2.05, 4.69) is 0 Å². The van der Waals surface area contributed by atoms with Gasteiger partial charge in [0, 0.05) is 5.46 Å².